The van der Waals surface area contributed by atoms with Crippen molar-refractivity contribution in [3.63, 3.8) is 0 Å². The fraction of sp³-hybridized carbons (Fsp3) is 0.211. The number of nitrogens with one attached hydrogen (secondary N) is 1. The van der Waals surface area contributed by atoms with Crippen LogP contribution < -0.4 is 10.1 Å². The number of halogens is 2. The normalized spacial score (nSPS) is 11.4. The summed E-state index contributed by atoms with van der Waals surface area (Å²) >= 11 is 11.8. The van der Waals surface area contributed by atoms with E-state index in [0.717, 1.165) is 0 Å². The molecule has 0 radical (unpaired) electrons. The summed E-state index contributed by atoms with van der Waals surface area (Å²) in [5.74, 6) is -1.04. The van der Waals surface area contributed by atoms with Gasteiger partial charge in [-0.15, -0.1) is 0 Å². The molecular weight excluding hydrogens is 393 g/mol. The molecular formula is C19H17Cl2NO5. The predicted molar refractivity (Wildman–Crippen MR) is 103 cm³/mol. The molecule has 2 aromatic carbocycles. The predicted octanol–water partition coefficient (Wildman–Crippen LogP) is 4.15. The second kappa shape index (κ2) is 9.39. The van der Waals surface area contributed by atoms with E-state index in [0.29, 0.717) is 22.0 Å². The summed E-state index contributed by atoms with van der Waals surface area (Å²) in [6.07, 6.45) is -1.06. The van der Waals surface area contributed by atoms with Gasteiger partial charge in [0.15, 0.2) is 18.5 Å². The van der Waals surface area contributed by atoms with Crippen molar-refractivity contribution in [2.45, 2.75) is 20.0 Å². The molecule has 0 saturated carbocycles. The molecule has 1 N–H and O–H groups in total. The summed E-state index contributed by atoms with van der Waals surface area (Å²) in [7, 11) is 0. The molecule has 8 heteroatoms. The number of benzene rings is 2. The molecule has 0 aromatic heterocycles. The molecule has 1 amide bonds. The van der Waals surface area contributed by atoms with E-state index in [9.17, 15) is 14.4 Å². The van der Waals surface area contributed by atoms with Gasteiger partial charge in [-0.05, 0) is 44.2 Å². The van der Waals surface area contributed by atoms with Gasteiger partial charge in [0.25, 0.3) is 5.91 Å². The molecule has 142 valence electrons. The lowest BCUT2D eigenvalue weighted by Crippen LogP contribution is -2.31. The minimum absolute atomic E-state index is 0.116. The zero-order valence-electron chi connectivity index (χ0n) is 14.6. The van der Waals surface area contributed by atoms with Gasteiger partial charge in [0.1, 0.15) is 5.75 Å². The SMILES string of the molecule is CC(=O)c1cccc(OCC(=O)O[C@H](C)C(=O)Nc2ccc(Cl)cc2Cl)c1. The first kappa shape index (κ1) is 20.7. The summed E-state index contributed by atoms with van der Waals surface area (Å²) in [4.78, 5) is 35.3. The molecule has 0 aliphatic heterocycles. The van der Waals surface area contributed by atoms with Gasteiger partial charge in [0.05, 0.1) is 10.7 Å². The number of carbonyl (C=O) groups is 3. The molecule has 2 rings (SSSR count). The maximum Gasteiger partial charge on any atom is 0.344 e. The monoisotopic (exact) mass is 409 g/mol. The zero-order chi connectivity index (χ0) is 20.0. The number of anilines is 1. The quantitative estimate of drug-likeness (QED) is 0.548. The van der Waals surface area contributed by atoms with Gasteiger partial charge in [-0.1, -0.05) is 35.3 Å². The van der Waals surface area contributed by atoms with Crippen LogP contribution in [0.15, 0.2) is 42.5 Å². The molecule has 0 fully saturated rings. The number of hydrogen-bond donors (Lipinski definition) is 1. The Morgan fingerprint density at radius 2 is 1.85 bits per heavy atom. The maximum atomic E-state index is 12.1. The van der Waals surface area contributed by atoms with Gasteiger partial charge in [-0.25, -0.2) is 4.79 Å². The number of Topliss-reactive ketones (excluding diaryl/α,β-unsaturated/α-hetero) is 1. The Bertz CT molecular complexity index is 869. The Hall–Kier alpha value is -2.57. The van der Waals surface area contributed by atoms with Crippen LogP contribution in [-0.4, -0.2) is 30.4 Å². The van der Waals surface area contributed by atoms with Gasteiger partial charge < -0.3 is 14.8 Å². The Morgan fingerprint density at radius 3 is 2.52 bits per heavy atom. The lowest BCUT2D eigenvalue weighted by Gasteiger charge is -2.14. The van der Waals surface area contributed by atoms with E-state index in [4.69, 9.17) is 32.7 Å². The van der Waals surface area contributed by atoms with Crippen LogP contribution in [0.1, 0.15) is 24.2 Å². The zero-order valence-corrected chi connectivity index (χ0v) is 16.1. The highest BCUT2D eigenvalue weighted by atomic mass is 35.5. The Labute approximate surface area is 166 Å². The van der Waals surface area contributed by atoms with Crippen molar-refractivity contribution in [1.82, 2.24) is 0 Å². The highest BCUT2D eigenvalue weighted by molar-refractivity contribution is 6.36. The summed E-state index contributed by atoms with van der Waals surface area (Å²) in [5, 5.41) is 3.25. The third kappa shape index (κ3) is 6.27. The minimum atomic E-state index is -1.06. The highest BCUT2D eigenvalue weighted by Crippen LogP contribution is 2.25. The number of rotatable bonds is 7. The number of carbonyl (C=O) groups excluding carboxylic acids is 3. The Morgan fingerprint density at radius 1 is 1.11 bits per heavy atom. The van der Waals surface area contributed by atoms with Crippen LogP contribution in [0.25, 0.3) is 0 Å². The molecule has 1 atom stereocenters. The average molecular weight is 410 g/mol. The number of esters is 1. The van der Waals surface area contributed by atoms with Crippen LogP contribution in [-0.2, 0) is 14.3 Å². The van der Waals surface area contributed by atoms with E-state index < -0.39 is 24.6 Å². The lowest BCUT2D eigenvalue weighted by atomic mass is 10.1. The van der Waals surface area contributed by atoms with Gasteiger partial charge >= 0.3 is 5.97 Å². The molecule has 2 aromatic rings. The van der Waals surface area contributed by atoms with Crippen molar-refractivity contribution < 1.29 is 23.9 Å². The van der Waals surface area contributed by atoms with E-state index in [-0.39, 0.29) is 10.8 Å². The molecule has 0 heterocycles. The number of amides is 1. The molecule has 0 saturated heterocycles. The van der Waals surface area contributed by atoms with E-state index in [1.165, 1.54) is 26.0 Å². The lowest BCUT2D eigenvalue weighted by molar-refractivity contribution is -0.155. The number of ketones is 1. The van der Waals surface area contributed by atoms with Crippen molar-refractivity contribution in [2.24, 2.45) is 0 Å². The second-order valence-corrected chi connectivity index (χ2v) is 6.46. The maximum absolute atomic E-state index is 12.1. The van der Waals surface area contributed by atoms with Gasteiger partial charge in [-0.2, -0.15) is 0 Å². The largest absolute Gasteiger partial charge is 0.482 e. The smallest absolute Gasteiger partial charge is 0.344 e. The summed E-state index contributed by atoms with van der Waals surface area (Å²) in [5.41, 5.74) is 0.819. The van der Waals surface area contributed by atoms with Crippen LogP contribution in [0.2, 0.25) is 10.0 Å². The average Bonchev–Trinajstić information content (AvgIpc) is 2.62. The first-order valence-electron chi connectivity index (χ1n) is 7.95. The summed E-state index contributed by atoms with van der Waals surface area (Å²) < 4.78 is 10.3. The molecule has 0 aliphatic carbocycles. The molecule has 0 unspecified atom stereocenters. The molecule has 0 spiro atoms. The van der Waals surface area contributed by atoms with Crippen LogP contribution in [0.4, 0.5) is 5.69 Å². The van der Waals surface area contributed by atoms with Gasteiger partial charge in [0.2, 0.25) is 0 Å². The van der Waals surface area contributed by atoms with Crippen molar-refractivity contribution >= 4 is 46.5 Å². The first-order chi connectivity index (χ1) is 12.8. The fourth-order valence-electron chi connectivity index (χ4n) is 2.06. The third-order valence-electron chi connectivity index (χ3n) is 3.46. The van der Waals surface area contributed by atoms with E-state index in [2.05, 4.69) is 5.32 Å². The minimum Gasteiger partial charge on any atom is -0.482 e. The van der Waals surface area contributed by atoms with Gasteiger partial charge in [0, 0.05) is 10.6 Å². The van der Waals surface area contributed by atoms with Crippen molar-refractivity contribution in [2.75, 3.05) is 11.9 Å². The second-order valence-electron chi connectivity index (χ2n) is 5.62. The molecule has 0 aliphatic rings. The van der Waals surface area contributed by atoms with Crippen LogP contribution >= 0.6 is 23.2 Å². The summed E-state index contributed by atoms with van der Waals surface area (Å²) in [6.45, 7) is 2.45. The summed E-state index contributed by atoms with van der Waals surface area (Å²) in [6, 6.07) is 11.0. The van der Waals surface area contributed by atoms with Crippen molar-refractivity contribution in [3.05, 3.63) is 58.1 Å². The number of hydrogen-bond acceptors (Lipinski definition) is 5. The molecule has 0 bridgehead atoms. The van der Waals surface area contributed by atoms with E-state index in [1.54, 1.807) is 30.3 Å². The van der Waals surface area contributed by atoms with Crippen LogP contribution in [0, 0.1) is 0 Å². The first-order valence-corrected chi connectivity index (χ1v) is 8.71. The van der Waals surface area contributed by atoms with Crippen molar-refractivity contribution in [3.8, 4) is 5.75 Å². The number of ether oxygens (including phenoxy) is 2. The van der Waals surface area contributed by atoms with Crippen LogP contribution in [0.3, 0.4) is 0 Å². The van der Waals surface area contributed by atoms with Crippen LogP contribution in [0.5, 0.6) is 5.75 Å². The third-order valence-corrected chi connectivity index (χ3v) is 4.01. The molecule has 27 heavy (non-hydrogen) atoms. The molecule has 6 nitrogen and oxygen atoms in total. The topological polar surface area (TPSA) is 81.7 Å². The fourth-order valence-corrected chi connectivity index (χ4v) is 2.51. The van der Waals surface area contributed by atoms with E-state index >= 15 is 0 Å². The Balaban J connectivity index is 1.86. The van der Waals surface area contributed by atoms with E-state index in [1.807, 2.05) is 0 Å². The van der Waals surface area contributed by atoms with Crippen molar-refractivity contribution in [1.29, 1.82) is 0 Å². The standard InChI is InChI=1S/C19H17Cl2NO5/c1-11(23)13-4-3-5-15(8-13)26-10-18(24)27-12(2)19(25)22-17-7-6-14(20)9-16(17)21/h3-9,12H,10H2,1-2H3,(H,22,25)/t12-/m1/s1. The highest BCUT2D eigenvalue weighted by Gasteiger charge is 2.19. The van der Waals surface area contributed by atoms with Gasteiger partial charge in [-0.3, -0.25) is 9.59 Å². The Kier molecular flexibility index (Phi) is 7.21.